The van der Waals surface area contributed by atoms with Gasteiger partial charge in [0, 0.05) is 48.1 Å². The summed E-state index contributed by atoms with van der Waals surface area (Å²) in [6, 6.07) is 61.6. The van der Waals surface area contributed by atoms with Crippen molar-refractivity contribution in [2.45, 2.75) is 0 Å². The third-order valence-corrected chi connectivity index (χ3v) is 8.59. The Labute approximate surface area is 421 Å². The fourth-order valence-electron chi connectivity index (χ4n) is 5.45. The van der Waals surface area contributed by atoms with Crippen molar-refractivity contribution in [1.82, 2.24) is 102 Å². The molecule has 0 amide bonds. The van der Waals surface area contributed by atoms with E-state index in [-0.39, 0.29) is 34.1 Å². The van der Waals surface area contributed by atoms with Gasteiger partial charge in [-0.25, -0.2) is 0 Å². The molecule has 8 aromatic heterocycles. The summed E-state index contributed by atoms with van der Waals surface area (Å²) < 4.78 is 0. The monoisotopic (exact) mass is 1020 g/mol. The predicted octanol–water partition coefficient (Wildman–Crippen LogP) is 6.27. The Morgan fingerprint density at radius 1 is 0.229 bits per heavy atom. The zero-order valence-corrected chi connectivity index (χ0v) is 38.2. The van der Waals surface area contributed by atoms with E-state index in [0.717, 1.165) is 45.0 Å². The maximum atomic E-state index is 4.19. The van der Waals surface area contributed by atoms with Gasteiger partial charge in [-0.05, 0) is 70.8 Å². The molecule has 0 saturated carbocycles. The largest absolute Gasteiger partial charge is 2.00 e. The number of pyridine rings is 4. The number of nitrogens with zero attached hydrogens (tertiary/aromatic N) is 20. The molecule has 12 rings (SSSR count). The van der Waals surface area contributed by atoms with Crippen molar-refractivity contribution in [2.24, 2.45) is 0 Å². The summed E-state index contributed by atoms with van der Waals surface area (Å²) >= 11 is 0. The van der Waals surface area contributed by atoms with Crippen LogP contribution in [0, 0.1) is 0 Å². The van der Waals surface area contributed by atoms with Crippen LogP contribution in [0.25, 0.3) is 68.3 Å². The first-order chi connectivity index (χ1) is 33.8. The zero-order valence-electron chi connectivity index (χ0n) is 36.3. The summed E-state index contributed by atoms with van der Waals surface area (Å²) in [5.74, 6) is 2.30. The van der Waals surface area contributed by atoms with Crippen LogP contribution in [0.4, 0.5) is 0 Å². The van der Waals surface area contributed by atoms with Gasteiger partial charge in [0.05, 0.1) is 22.8 Å². The summed E-state index contributed by atoms with van der Waals surface area (Å²) in [5, 5.41) is 56.8. The van der Waals surface area contributed by atoms with Crippen LogP contribution >= 0.6 is 0 Å². The minimum absolute atomic E-state index is 0. The van der Waals surface area contributed by atoms with Crippen LogP contribution in [0.1, 0.15) is 0 Å². The smallest absolute Gasteiger partial charge is 0.330 e. The Bertz CT molecular complexity index is 2630. The normalized spacial score (nSPS) is 9.49. The van der Waals surface area contributed by atoms with Crippen molar-refractivity contribution in [1.29, 1.82) is 0 Å². The van der Waals surface area contributed by atoms with Gasteiger partial charge in [-0.1, -0.05) is 146 Å². The molecule has 20 nitrogen and oxygen atoms in total. The standard InChI is InChI=1S/2C10H8N2.4C7H5N4.2Cu/c2*1-3-7-11-9(5-1)10-6-2-4-8-12-10;4*1-2-4-6(5-3-1)7-8-10-11-9-7;;/h2*1-8H;4*1-5H;;/q;;4*-1;2*+2. The van der Waals surface area contributed by atoms with Gasteiger partial charge >= 0.3 is 34.1 Å². The second-order valence-electron chi connectivity index (χ2n) is 13.1. The molecule has 8 heterocycles. The number of aromatic nitrogens is 20. The Kier molecular flexibility index (Phi) is 22.3. The molecule has 0 aliphatic carbocycles. The molecule has 0 N–H and O–H groups in total. The van der Waals surface area contributed by atoms with Crippen LogP contribution < -0.4 is 20.4 Å². The number of tetrazole rings is 4. The number of rotatable bonds is 6. The Morgan fingerprint density at radius 2 is 0.429 bits per heavy atom. The average molecular weight is 1020 g/mol. The van der Waals surface area contributed by atoms with Gasteiger partial charge < -0.3 is 20.4 Å². The van der Waals surface area contributed by atoms with Crippen molar-refractivity contribution >= 4 is 0 Å². The molecular weight excluding hydrogens is 984 g/mol. The number of hydrogen-bond donors (Lipinski definition) is 0. The molecule has 70 heavy (non-hydrogen) atoms. The fraction of sp³-hybridized carbons (Fsp3) is 0. The van der Waals surface area contributed by atoms with E-state index < -0.39 is 0 Å². The van der Waals surface area contributed by atoms with Crippen molar-refractivity contribution in [3.63, 3.8) is 0 Å². The van der Waals surface area contributed by atoms with E-state index in [1.807, 2.05) is 194 Å². The Hall–Kier alpha value is -9.20. The molecule has 0 saturated heterocycles. The van der Waals surface area contributed by atoms with Crippen molar-refractivity contribution in [2.75, 3.05) is 0 Å². The third-order valence-electron chi connectivity index (χ3n) is 8.59. The summed E-state index contributed by atoms with van der Waals surface area (Å²) in [5.41, 5.74) is 7.43. The van der Waals surface area contributed by atoms with Gasteiger partial charge in [-0.15, -0.1) is 0 Å². The molecule has 12 aromatic rings. The third kappa shape index (κ3) is 17.2. The number of hydrogen-bond acceptors (Lipinski definition) is 16. The van der Waals surface area contributed by atoms with E-state index in [0.29, 0.717) is 23.3 Å². The zero-order chi connectivity index (χ0) is 46.5. The van der Waals surface area contributed by atoms with Crippen LogP contribution in [0.3, 0.4) is 0 Å². The second-order valence-corrected chi connectivity index (χ2v) is 13.1. The van der Waals surface area contributed by atoms with Crippen molar-refractivity contribution in [3.8, 4) is 68.3 Å². The van der Waals surface area contributed by atoms with Gasteiger partial charge in [-0.2, -0.15) is 20.9 Å². The SMILES string of the molecule is [Cu+2].[Cu+2].c1ccc(-c2ccccn2)nc1.c1ccc(-c2ccccn2)nc1.c1ccc(-c2nnn[n-]2)cc1.c1ccc(-c2nnn[n-]2)cc1.c1ccc(-c2nnn[n-]2)cc1.c1ccc(-c2nnn[n-]2)cc1. The molecule has 0 aliphatic heterocycles. The molecule has 350 valence electrons. The van der Waals surface area contributed by atoms with E-state index >= 15 is 0 Å². The van der Waals surface area contributed by atoms with E-state index in [4.69, 9.17) is 0 Å². The minimum Gasteiger partial charge on any atom is -0.330 e. The Balaban J connectivity index is 0.000000156. The van der Waals surface area contributed by atoms with Crippen LogP contribution in [0.5, 0.6) is 0 Å². The van der Waals surface area contributed by atoms with Gasteiger partial charge in [-0.3, -0.25) is 61.2 Å². The molecule has 0 spiro atoms. The van der Waals surface area contributed by atoms with Crippen LogP contribution in [-0.4, -0.2) is 82.0 Å². The molecule has 4 aromatic carbocycles. The van der Waals surface area contributed by atoms with Gasteiger partial charge in [0.25, 0.3) is 0 Å². The molecular formula is C48H36Cu2N20. The Morgan fingerprint density at radius 3 is 0.586 bits per heavy atom. The summed E-state index contributed by atoms with van der Waals surface area (Å²) in [6.07, 6.45) is 7.07. The van der Waals surface area contributed by atoms with Crippen LogP contribution in [0.15, 0.2) is 219 Å². The van der Waals surface area contributed by atoms with Gasteiger partial charge in [0.2, 0.25) is 0 Å². The maximum absolute atomic E-state index is 4.19. The summed E-state index contributed by atoms with van der Waals surface area (Å²) in [6.45, 7) is 0. The van der Waals surface area contributed by atoms with E-state index in [9.17, 15) is 0 Å². The quantitative estimate of drug-likeness (QED) is 0.166. The molecule has 22 heteroatoms. The van der Waals surface area contributed by atoms with E-state index in [2.05, 4.69) is 102 Å². The molecule has 0 atom stereocenters. The first-order valence-electron chi connectivity index (χ1n) is 20.4. The predicted molar refractivity (Wildman–Crippen MR) is 249 cm³/mol. The van der Waals surface area contributed by atoms with Gasteiger partial charge in [0.1, 0.15) is 0 Å². The van der Waals surface area contributed by atoms with Gasteiger partial charge in [0.15, 0.2) is 0 Å². The topological polar surface area (TPSA) is 263 Å². The van der Waals surface area contributed by atoms with Crippen LogP contribution in [0.2, 0.25) is 0 Å². The maximum Gasteiger partial charge on any atom is 2.00 e. The average Bonchev–Trinajstić information content (AvgIpc) is 4.32. The summed E-state index contributed by atoms with van der Waals surface area (Å²) in [7, 11) is 0. The molecule has 2 radical (unpaired) electrons. The molecule has 0 unspecified atom stereocenters. The van der Waals surface area contributed by atoms with Crippen LogP contribution in [-0.2, 0) is 34.1 Å². The molecule has 0 fully saturated rings. The number of benzene rings is 4. The van der Waals surface area contributed by atoms with E-state index in [1.54, 1.807) is 24.8 Å². The minimum atomic E-state index is 0. The first-order valence-corrected chi connectivity index (χ1v) is 20.4. The fourth-order valence-corrected chi connectivity index (χ4v) is 5.45. The first kappa shape index (κ1) is 51.8. The molecule has 0 bridgehead atoms. The van der Waals surface area contributed by atoms with E-state index in [1.165, 1.54) is 0 Å². The summed E-state index contributed by atoms with van der Waals surface area (Å²) in [4.78, 5) is 16.7. The molecule has 0 aliphatic rings. The van der Waals surface area contributed by atoms with Crippen molar-refractivity contribution in [3.05, 3.63) is 219 Å². The second kappa shape index (κ2) is 30.2. The van der Waals surface area contributed by atoms with Crippen molar-refractivity contribution < 1.29 is 34.1 Å².